The first kappa shape index (κ1) is 21.6. The molecule has 1 amide bonds. The highest BCUT2D eigenvalue weighted by Crippen LogP contribution is 2.35. The number of aryl methyl sites for hydroxylation is 1. The fraction of sp³-hybridized carbons (Fsp3) is 0.440. The largest absolute Gasteiger partial charge is 0.347 e. The van der Waals surface area contributed by atoms with Crippen molar-refractivity contribution in [3.05, 3.63) is 70.2 Å². The monoisotopic (exact) mass is 453 g/mol. The molecule has 2 aromatic carbocycles. The van der Waals surface area contributed by atoms with E-state index in [1.54, 1.807) is 5.01 Å². The van der Waals surface area contributed by atoms with Crippen LogP contribution in [-0.4, -0.2) is 60.2 Å². The number of benzene rings is 2. The van der Waals surface area contributed by atoms with Crippen LogP contribution in [0.25, 0.3) is 0 Å². The summed E-state index contributed by atoms with van der Waals surface area (Å²) in [5.74, 6) is -0.424. The number of piperidine rings is 1. The van der Waals surface area contributed by atoms with Gasteiger partial charge in [0, 0.05) is 37.4 Å². The molecule has 168 valence electrons. The Labute approximate surface area is 193 Å². The zero-order chi connectivity index (χ0) is 22.1. The topological polar surface area (TPSA) is 54.4 Å². The number of hydrazone groups is 1. The predicted octanol–water partition coefficient (Wildman–Crippen LogP) is 4.17. The second-order valence-corrected chi connectivity index (χ2v) is 9.25. The van der Waals surface area contributed by atoms with Crippen LogP contribution in [0.3, 0.4) is 0 Å². The van der Waals surface area contributed by atoms with Gasteiger partial charge in [0.1, 0.15) is 0 Å². The Kier molecular flexibility index (Phi) is 6.03. The highest BCUT2D eigenvalue weighted by atomic mass is 35.5. The normalized spacial score (nSPS) is 23.0. The van der Waals surface area contributed by atoms with E-state index in [0.29, 0.717) is 31.2 Å². The number of halogens is 1. The van der Waals surface area contributed by atoms with Gasteiger partial charge < -0.3 is 9.47 Å². The molecule has 2 aromatic rings. The van der Waals surface area contributed by atoms with Crippen molar-refractivity contribution in [3.8, 4) is 0 Å². The second kappa shape index (κ2) is 8.94. The summed E-state index contributed by atoms with van der Waals surface area (Å²) in [4.78, 5) is 15.6. The van der Waals surface area contributed by atoms with Crippen LogP contribution in [0.15, 0.2) is 53.6 Å². The van der Waals surface area contributed by atoms with E-state index >= 15 is 0 Å². The molecule has 0 saturated carbocycles. The van der Waals surface area contributed by atoms with E-state index in [-0.39, 0.29) is 11.9 Å². The SMILES string of the molecule is Cc1cccc(C2=NN(C(=O)CN3CCC4(CC3)OCCO4)C(c3ccc(Cl)cc3)C2)c1. The third-order valence-electron chi connectivity index (χ3n) is 6.56. The Morgan fingerprint density at radius 2 is 1.84 bits per heavy atom. The summed E-state index contributed by atoms with van der Waals surface area (Å²) in [6.07, 6.45) is 2.26. The fourth-order valence-corrected chi connectivity index (χ4v) is 4.91. The van der Waals surface area contributed by atoms with Gasteiger partial charge in [0.2, 0.25) is 0 Å². The molecule has 0 bridgehead atoms. The fourth-order valence-electron chi connectivity index (χ4n) is 4.79. The molecule has 1 unspecified atom stereocenters. The molecule has 3 heterocycles. The van der Waals surface area contributed by atoms with Gasteiger partial charge in [-0.25, -0.2) is 5.01 Å². The maximum atomic E-state index is 13.4. The van der Waals surface area contributed by atoms with Crippen molar-refractivity contribution in [3.63, 3.8) is 0 Å². The van der Waals surface area contributed by atoms with Crippen molar-refractivity contribution >= 4 is 23.2 Å². The molecule has 7 heteroatoms. The lowest BCUT2D eigenvalue weighted by molar-refractivity contribution is -0.186. The molecule has 2 fully saturated rings. The molecule has 1 spiro atoms. The molecule has 2 saturated heterocycles. The Morgan fingerprint density at radius 3 is 2.53 bits per heavy atom. The highest BCUT2D eigenvalue weighted by Gasteiger charge is 2.41. The maximum absolute atomic E-state index is 13.4. The lowest BCUT2D eigenvalue weighted by Gasteiger charge is -2.37. The van der Waals surface area contributed by atoms with Gasteiger partial charge in [-0.15, -0.1) is 0 Å². The minimum atomic E-state index is -0.435. The van der Waals surface area contributed by atoms with Crippen LogP contribution >= 0.6 is 11.6 Å². The first-order chi connectivity index (χ1) is 15.5. The van der Waals surface area contributed by atoms with E-state index in [9.17, 15) is 4.79 Å². The molecule has 0 aromatic heterocycles. The number of likely N-dealkylation sites (tertiary alicyclic amines) is 1. The standard InChI is InChI=1S/C25H28ClN3O3/c1-18-3-2-4-20(15-18)22-16-23(19-5-7-21(26)8-6-19)29(27-22)24(30)17-28-11-9-25(10-12-28)31-13-14-32-25/h2-8,15,23H,9-14,16-17H2,1H3. The lowest BCUT2D eigenvalue weighted by Crippen LogP contribution is -2.48. The van der Waals surface area contributed by atoms with E-state index in [1.807, 2.05) is 30.3 Å². The summed E-state index contributed by atoms with van der Waals surface area (Å²) in [6, 6.07) is 15.9. The summed E-state index contributed by atoms with van der Waals surface area (Å²) in [5.41, 5.74) is 4.22. The predicted molar refractivity (Wildman–Crippen MR) is 124 cm³/mol. The molecule has 32 heavy (non-hydrogen) atoms. The average Bonchev–Trinajstić information content (AvgIpc) is 3.44. The summed E-state index contributed by atoms with van der Waals surface area (Å²) in [5, 5.41) is 7.17. The Morgan fingerprint density at radius 1 is 1.12 bits per heavy atom. The van der Waals surface area contributed by atoms with Gasteiger partial charge in [-0.05, 0) is 30.2 Å². The van der Waals surface area contributed by atoms with Crippen LogP contribution in [0.5, 0.6) is 0 Å². The zero-order valence-corrected chi connectivity index (χ0v) is 19.1. The highest BCUT2D eigenvalue weighted by molar-refractivity contribution is 6.30. The van der Waals surface area contributed by atoms with E-state index in [4.69, 9.17) is 26.2 Å². The third-order valence-corrected chi connectivity index (χ3v) is 6.81. The van der Waals surface area contributed by atoms with E-state index in [2.05, 4.69) is 30.0 Å². The van der Waals surface area contributed by atoms with Gasteiger partial charge >= 0.3 is 0 Å². The number of rotatable bonds is 4. The van der Waals surface area contributed by atoms with Gasteiger partial charge in [0.25, 0.3) is 5.91 Å². The van der Waals surface area contributed by atoms with Crippen molar-refractivity contribution in [1.29, 1.82) is 0 Å². The first-order valence-corrected chi connectivity index (χ1v) is 11.6. The van der Waals surface area contributed by atoms with Crippen LogP contribution in [0.4, 0.5) is 0 Å². The Balaban J connectivity index is 1.34. The number of hydrogen-bond acceptors (Lipinski definition) is 5. The average molecular weight is 454 g/mol. The molecule has 3 aliphatic heterocycles. The van der Waals surface area contributed by atoms with Gasteiger partial charge in [-0.3, -0.25) is 9.69 Å². The molecule has 0 N–H and O–H groups in total. The van der Waals surface area contributed by atoms with Crippen molar-refractivity contribution in [1.82, 2.24) is 9.91 Å². The van der Waals surface area contributed by atoms with E-state index < -0.39 is 5.79 Å². The minimum absolute atomic E-state index is 0.0109. The molecule has 1 atom stereocenters. The first-order valence-electron chi connectivity index (χ1n) is 11.2. The van der Waals surface area contributed by atoms with Crippen LogP contribution in [0, 0.1) is 6.92 Å². The molecule has 0 radical (unpaired) electrons. The third kappa shape index (κ3) is 4.46. The number of hydrogen-bond donors (Lipinski definition) is 0. The smallest absolute Gasteiger partial charge is 0.257 e. The zero-order valence-electron chi connectivity index (χ0n) is 18.3. The molecular weight excluding hydrogens is 426 g/mol. The Bertz CT molecular complexity index is 1010. The number of carbonyl (C=O) groups is 1. The molecule has 0 aliphatic carbocycles. The van der Waals surface area contributed by atoms with Crippen LogP contribution in [0.2, 0.25) is 5.02 Å². The minimum Gasteiger partial charge on any atom is -0.347 e. The molecule has 5 rings (SSSR count). The van der Waals surface area contributed by atoms with Gasteiger partial charge in [0.15, 0.2) is 5.79 Å². The van der Waals surface area contributed by atoms with Crippen LogP contribution in [-0.2, 0) is 14.3 Å². The van der Waals surface area contributed by atoms with Crippen LogP contribution < -0.4 is 0 Å². The number of amides is 1. The number of ether oxygens (including phenoxy) is 2. The van der Waals surface area contributed by atoms with Gasteiger partial charge in [-0.1, -0.05) is 53.6 Å². The summed E-state index contributed by atoms with van der Waals surface area (Å²) < 4.78 is 11.6. The van der Waals surface area contributed by atoms with Gasteiger partial charge in [-0.2, -0.15) is 5.10 Å². The van der Waals surface area contributed by atoms with Crippen molar-refractivity contribution in [2.75, 3.05) is 32.8 Å². The summed E-state index contributed by atoms with van der Waals surface area (Å²) >= 11 is 6.10. The van der Waals surface area contributed by atoms with Crippen molar-refractivity contribution in [2.24, 2.45) is 5.10 Å². The molecular formula is C25H28ClN3O3. The molecule has 3 aliphatic rings. The van der Waals surface area contributed by atoms with E-state index in [1.165, 1.54) is 5.56 Å². The molecule has 6 nitrogen and oxygen atoms in total. The number of nitrogens with zero attached hydrogens (tertiary/aromatic N) is 3. The quantitative estimate of drug-likeness (QED) is 0.697. The van der Waals surface area contributed by atoms with Gasteiger partial charge in [0.05, 0.1) is 31.5 Å². The Hall–Kier alpha value is -2.25. The lowest BCUT2D eigenvalue weighted by atomic mass is 9.97. The number of carbonyl (C=O) groups excluding carboxylic acids is 1. The maximum Gasteiger partial charge on any atom is 0.257 e. The van der Waals surface area contributed by atoms with Crippen molar-refractivity contribution in [2.45, 2.75) is 38.0 Å². The van der Waals surface area contributed by atoms with E-state index in [0.717, 1.165) is 42.8 Å². The van der Waals surface area contributed by atoms with Crippen molar-refractivity contribution < 1.29 is 14.3 Å². The summed E-state index contributed by atoms with van der Waals surface area (Å²) in [7, 11) is 0. The summed E-state index contributed by atoms with van der Waals surface area (Å²) in [6.45, 7) is 5.28. The van der Waals surface area contributed by atoms with Crippen LogP contribution in [0.1, 0.15) is 42.0 Å². The second-order valence-electron chi connectivity index (χ2n) is 8.81.